The van der Waals surface area contributed by atoms with Gasteiger partial charge >= 0.3 is 5.97 Å². The number of ether oxygens (including phenoxy) is 1. The monoisotopic (exact) mass is 249 g/mol. The van der Waals surface area contributed by atoms with Crippen molar-refractivity contribution in [2.24, 2.45) is 0 Å². The van der Waals surface area contributed by atoms with Gasteiger partial charge in [0.25, 0.3) is 0 Å². The Morgan fingerprint density at radius 2 is 2.17 bits per heavy atom. The van der Waals surface area contributed by atoms with Crippen LogP contribution in [0.25, 0.3) is 0 Å². The van der Waals surface area contributed by atoms with Crippen LogP contribution in [0.2, 0.25) is 0 Å². The van der Waals surface area contributed by atoms with Crippen LogP contribution in [0.5, 0.6) is 0 Å². The number of carbonyl (C=O) groups is 1. The van der Waals surface area contributed by atoms with E-state index in [1.165, 1.54) is 0 Å². The molecule has 2 rings (SSSR count). The number of aliphatic carboxylic acids is 1. The molecule has 1 saturated heterocycles. The van der Waals surface area contributed by atoms with E-state index in [-0.39, 0.29) is 6.10 Å². The van der Waals surface area contributed by atoms with Gasteiger partial charge < -0.3 is 15.2 Å². The van der Waals surface area contributed by atoms with E-state index < -0.39 is 12.0 Å². The first-order chi connectivity index (χ1) is 8.75. The lowest BCUT2D eigenvalue weighted by Gasteiger charge is -2.18. The summed E-state index contributed by atoms with van der Waals surface area (Å²) in [5.74, 6) is -0.787. The van der Waals surface area contributed by atoms with E-state index in [1.54, 1.807) is 0 Å². The standard InChI is InChI=1S/C14H19NO3/c16-14(17)13-9-12(7-4-8-15-13)18-10-11-5-2-1-3-6-11/h1-3,5-6,12-13,15H,4,7-10H2,(H,16,17). The molecule has 0 aliphatic carbocycles. The number of hydrogen-bond donors (Lipinski definition) is 2. The highest BCUT2D eigenvalue weighted by Gasteiger charge is 2.25. The maximum atomic E-state index is 11.0. The van der Waals surface area contributed by atoms with Crippen molar-refractivity contribution in [3.63, 3.8) is 0 Å². The van der Waals surface area contributed by atoms with E-state index in [1.807, 2.05) is 30.3 Å². The summed E-state index contributed by atoms with van der Waals surface area (Å²) in [4.78, 5) is 11.0. The van der Waals surface area contributed by atoms with Crippen molar-refractivity contribution < 1.29 is 14.6 Å². The molecule has 1 fully saturated rings. The fourth-order valence-corrected chi connectivity index (χ4v) is 2.20. The molecule has 4 heteroatoms. The Hall–Kier alpha value is -1.39. The second kappa shape index (κ2) is 6.52. The topological polar surface area (TPSA) is 58.6 Å². The third-order valence-electron chi connectivity index (χ3n) is 3.22. The molecule has 0 aromatic heterocycles. The normalized spacial score (nSPS) is 24.4. The lowest BCUT2D eigenvalue weighted by molar-refractivity contribution is -0.140. The largest absolute Gasteiger partial charge is 0.480 e. The van der Waals surface area contributed by atoms with Crippen molar-refractivity contribution in [2.45, 2.75) is 38.0 Å². The Kier molecular flexibility index (Phi) is 4.73. The van der Waals surface area contributed by atoms with Gasteiger partial charge in [-0.3, -0.25) is 4.79 Å². The van der Waals surface area contributed by atoms with Crippen molar-refractivity contribution in [1.29, 1.82) is 0 Å². The van der Waals surface area contributed by atoms with Gasteiger partial charge in [0.1, 0.15) is 6.04 Å². The smallest absolute Gasteiger partial charge is 0.320 e. The van der Waals surface area contributed by atoms with Crippen molar-refractivity contribution in [2.75, 3.05) is 6.54 Å². The van der Waals surface area contributed by atoms with Crippen LogP contribution in [0.1, 0.15) is 24.8 Å². The summed E-state index contributed by atoms with van der Waals surface area (Å²) in [5, 5.41) is 12.1. The number of hydrogen-bond acceptors (Lipinski definition) is 3. The van der Waals surface area contributed by atoms with Crippen LogP contribution in [0.4, 0.5) is 0 Å². The fourth-order valence-electron chi connectivity index (χ4n) is 2.20. The van der Waals surface area contributed by atoms with Crippen molar-refractivity contribution >= 4 is 5.97 Å². The van der Waals surface area contributed by atoms with Gasteiger partial charge in [-0.25, -0.2) is 0 Å². The molecule has 1 aromatic carbocycles. The van der Waals surface area contributed by atoms with Gasteiger partial charge in [0.15, 0.2) is 0 Å². The number of rotatable bonds is 4. The van der Waals surface area contributed by atoms with Crippen LogP contribution in [-0.2, 0) is 16.1 Å². The summed E-state index contributed by atoms with van der Waals surface area (Å²) < 4.78 is 5.83. The molecule has 0 radical (unpaired) electrons. The highest BCUT2D eigenvalue weighted by Crippen LogP contribution is 2.16. The molecule has 18 heavy (non-hydrogen) atoms. The predicted octanol–water partition coefficient (Wildman–Crippen LogP) is 1.80. The molecule has 98 valence electrons. The molecule has 0 bridgehead atoms. The summed E-state index contributed by atoms with van der Waals surface area (Å²) in [6, 6.07) is 9.49. The Morgan fingerprint density at radius 1 is 1.39 bits per heavy atom. The molecule has 1 aliphatic rings. The third kappa shape index (κ3) is 3.82. The average Bonchev–Trinajstić information content (AvgIpc) is 2.63. The molecule has 2 atom stereocenters. The Morgan fingerprint density at radius 3 is 2.89 bits per heavy atom. The molecule has 0 amide bonds. The van der Waals surface area contributed by atoms with Crippen molar-refractivity contribution in [1.82, 2.24) is 5.32 Å². The third-order valence-corrected chi connectivity index (χ3v) is 3.22. The van der Waals surface area contributed by atoms with Crippen LogP contribution in [0, 0.1) is 0 Å². The summed E-state index contributed by atoms with van der Waals surface area (Å²) in [6.07, 6.45) is 2.45. The minimum Gasteiger partial charge on any atom is -0.480 e. The van der Waals surface area contributed by atoms with E-state index >= 15 is 0 Å². The van der Waals surface area contributed by atoms with Crippen molar-refractivity contribution in [3.8, 4) is 0 Å². The molecule has 1 aliphatic heterocycles. The van der Waals surface area contributed by atoms with E-state index in [2.05, 4.69) is 5.32 Å². The fraction of sp³-hybridized carbons (Fsp3) is 0.500. The minimum atomic E-state index is -0.787. The number of carboxylic acids is 1. The van der Waals surface area contributed by atoms with Crippen LogP contribution in [0.15, 0.2) is 30.3 Å². The van der Waals surface area contributed by atoms with E-state index in [0.717, 1.165) is 24.9 Å². The Labute approximate surface area is 107 Å². The summed E-state index contributed by atoms with van der Waals surface area (Å²) in [5.41, 5.74) is 1.13. The number of carboxylic acid groups (broad SMARTS) is 1. The molecule has 1 heterocycles. The van der Waals surface area contributed by atoms with Gasteiger partial charge in [-0.15, -0.1) is 0 Å². The van der Waals surface area contributed by atoms with Crippen LogP contribution < -0.4 is 5.32 Å². The van der Waals surface area contributed by atoms with Crippen LogP contribution >= 0.6 is 0 Å². The number of nitrogens with one attached hydrogen (secondary N) is 1. The van der Waals surface area contributed by atoms with E-state index in [0.29, 0.717) is 13.0 Å². The lowest BCUT2D eigenvalue weighted by atomic mass is 10.1. The van der Waals surface area contributed by atoms with Gasteiger partial charge in [0, 0.05) is 0 Å². The van der Waals surface area contributed by atoms with Gasteiger partial charge in [0.05, 0.1) is 12.7 Å². The highest BCUT2D eigenvalue weighted by molar-refractivity contribution is 5.73. The summed E-state index contributed by atoms with van der Waals surface area (Å²) in [6.45, 7) is 1.31. The molecule has 2 N–H and O–H groups in total. The first kappa shape index (κ1) is 13.1. The summed E-state index contributed by atoms with van der Waals surface area (Å²) in [7, 11) is 0. The van der Waals surface area contributed by atoms with Crippen molar-refractivity contribution in [3.05, 3.63) is 35.9 Å². The maximum absolute atomic E-state index is 11.0. The number of benzene rings is 1. The zero-order valence-corrected chi connectivity index (χ0v) is 10.3. The van der Waals surface area contributed by atoms with Gasteiger partial charge in [-0.2, -0.15) is 0 Å². The molecule has 0 saturated carbocycles. The first-order valence-electron chi connectivity index (χ1n) is 6.37. The van der Waals surface area contributed by atoms with E-state index in [4.69, 9.17) is 9.84 Å². The van der Waals surface area contributed by atoms with Crippen LogP contribution in [-0.4, -0.2) is 29.8 Å². The predicted molar refractivity (Wildman–Crippen MR) is 68.3 cm³/mol. The molecule has 4 nitrogen and oxygen atoms in total. The van der Waals surface area contributed by atoms with Crippen LogP contribution in [0.3, 0.4) is 0 Å². The van der Waals surface area contributed by atoms with E-state index in [9.17, 15) is 4.79 Å². The quantitative estimate of drug-likeness (QED) is 0.854. The zero-order valence-electron chi connectivity index (χ0n) is 10.3. The second-order valence-corrected chi connectivity index (χ2v) is 4.64. The van der Waals surface area contributed by atoms with Gasteiger partial charge in [0.2, 0.25) is 0 Å². The Balaban J connectivity index is 1.86. The Bertz CT molecular complexity index is 380. The molecule has 2 unspecified atom stereocenters. The second-order valence-electron chi connectivity index (χ2n) is 4.64. The molecular formula is C14H19NO3. The minimum absolute atomic E-state index is 0.0290. The molecule has 1 aromatic rings. The summed E-state index contributed by atoms with van der Waals surface area (Å²) >= 11 is 0. The first-order valence-corrected chi connectivity index (χ1v) is 6.37. The highest BCUT2D eigenvalue weighted by atomic mass is 16.5. The van der Waals surface area contributed by atoms with Gasteiger partial charge in [-0.05, 0) is 31.4 Å². The molecular weight excluding hydrogens is 230 g/mol. The van der Waals surface area contributed by atoms with Gasteiger partial charge in [-0.1, -0.05) is 30.3 Å². The lowest BCUT2D eigenvalue weighted by Crippen LogP contribution is -2.37. The maximum Gasteiger partial charge on any atom is 0.320 e. The SMILES string of the molecule is O=C(O)C1CC(OCc2ccccc2)CCCN1. The molecule has 0 spiro atoms. The zero-order chi connectivity index (χ0) is 12.8. The average molecular weight is 249 g/mol.